The summed E-state index contributed by atoms with van der Waals surface area (Å²) in [7, 11) is 0. The predicted octanol–water partition coefficient (Wildman–Crippen LogP) is 5.86. The lowest BCUT2D eigenvalue weighted by Gasteiger charge is -2.28. The number of rotatable bonds is 7. The molecule has 0 aromatic heterocycles. The average Bonchev–Trinajstić information content (AvgIpc) is 2.75. The van der Waals surface area contributed by atoms with E-state index in [9.17, 15) is 19.8 Å². The number of aliphatic carboxylic acids is 2. The van der Waals surface area contributed by atoms with Crippen molar-refractivity contribution in [1.29, 1.82) is 0 Å². The second-order valence-electron chi connectivity index (χ2n) is 8.51. The normalized spacial score (nSPS) is 17.1. The molecule has 1 aliphatic rings. The molecule has 4 heteroatoms. The topological polar surface area (TPSA) is 74.6 Å². The first kappa shape index (κ1) is 20.9. The van der Waals surface area contributed by atoms with Gasteiger partial charge in [0.25, 0.3) is 0 Å². The van der Waals surface area contributed by atoms with Crippen LogP contribution in [0.4, 0.5) is 0 Å². The molecule has 0 radical (unpaired) electrons. The van der Waals surface area contributed by atoms with Gasteiger partial charge in [0.15, 0.2) is 0 Å². The third-order valence-corrected chi connectivity index (χ3v) is 6.22. The van der Waals surface area contributed by atoms with Crippen LogP contribution in [-0.4, -0.2) is 22.2 Å². The monoisotopic (exact) mass is 414 g/mol. The first-order valence-electron chi connectivity index (χ1n) is 10.6. The van der Waals surface area contributed by atoms with Gasteiger partial charge >= 0.3 is 11.9 Å². The number of hydrogen-bond acceptors (Lipinski definition) is 2. The van der Waals surface area contributed by atoms with Crippen molar-refractivity contribution in [3.05, 3.63) is 89.0 Å². The van der Waals surface area contributed by atoms with Crippen LogP contribution in [-0.2, 0) is 16.0 Å². The summed E-state index contributed by atoms with van der Waals surface area (Å²) in [6, 6.07) is 19.9. The molecule has 3 unspecified atom stereocenters. The second kappa shape index (κ2) is 8.76. The Morgan fingerprint density at radius 1 is 0.871 bits per heavy atom. The summed E-state index contributed by atoms with van der Waals surface area (Å²) in [4.78, 5) is 23.6. The van der Waals surface area contributed by atoms with Crippen LogP contribution in [0.2, 0.25) is 0 Å². The molecule has 31 heavy (non-hydrogen) atoms. The fourth-order valence-electron chi connectivity index (χ4n) is 4.68. The molecular formula is C27H26O4. The van der Waals surface area contributed by atoms with Gasteiger partial charge in [-0.2, -0.15) is 0 Å². The summed E-state index contributed by atoms with van der Waals surface area (Å²) < 4.78 is 0. The van der Waals surface area contributed by atoms with Crippen molar-refractivity contribution in [3.8, 4) is 0 Å². The van der Waals surface area contributed by atoms with Crippen molar-refractivity contribution in [2.75, 3.05) is 0 Å². The smallest absolute Gasteiger partial charge is 0.303 e. The third kappa shape index (κ3) is 4.69. The number of fused-ring (bicyclic) bond motifs is 2. The first-order valence-corrected chi connectivity index (χ1v) is 10.6. The van der Waals surface area contributed by atoms with Crippen molar-refractivity contribution in [1.82, 2.24) is 0 Å². The molecule has 0 amide bonds. The summed E-state index contributed by atoms with van der Waals surface area (Å²) in [6.45, 7) is 2.16. The van der Waals surface area contributed by atoms with Crippen molar-refractivity contribution in [3.63, 3.8) is 0 Å². The van der Waals surface area contributed by atoms with Crippen LogP contribution in [0.5, 0.6) is 0 Å². The minimum absolute atomic E-state index is 0.116. The molecule has 2 N–H and O–H groups in total. The molecule has 0 saturated heterocycles. The minimum Gasteiger partial charge on any atom is -0.481 e. The Morgan fingerprint density at radius 2 is 1.48 bits per heavy atom. The van der Waals surface area contributed by atoms with Gasteiger partial charge in [0.2, 0.25) is 0 Å². The van der Waals surface area contributed by atoms with Crippen LogP contribution in [0.15, 0.2) is 66.7 Å². The lowest BCUT2D eigenvalue weighted by Crippen LogP contribution is -2.19. The van der Waals surface area contributed by atoms with Gasteiger partial charge in [-0.25, -0.2) is 0 Å². The quantitative estimate of drug-likeness (QED) is 0.508. The zero-order chi connectivity index (χ0) is 22.0. The molecule has 3 aromatic carbocycles. The van der Waals surface area contributed by atoms with Gasteiger partial charge < -0.3 is 10.2 Å². The molecule has 3 aromatic rings. The summed E-state index contributed by atoms with van der Waals surface area (Å²) >= 11 is 0. The second-order valence-corrected chi connectivity index (χ2v) is 8.51. The fraction of sp³-hybridized carbons (Fsp3) is 0.259. The van der Waals surface area contributed by atoms with Crippen molar-refractivity contribution in [2.45, 2.75) is 38.0 Å². The van der Waals surface area contributed by atoms with Gasteiger partial charge in [0.05, 0.1) is 12.8 Å². The Kier molecular flexibility index (Phi) is 5.90. The highest BCUT2D eigenvalue weighted by atomic mass is 16.4. The maximum Gasteiger partial charge on any atom is 0.303 e. The first-order chi connectivity index (χ1) is 14.9. The van der Waals surface area contributed by atoms with Gasteiger partial charge in [-0.15, -0.1) is 0 Å². The highest BCUT2D eigenvalue weighted by Gasteiger charge is 2.30. The molecule has 0 heterocycles. The van der Waals surface area contributed by atoms with E-state index in [-0.39, 0.29) is 12.8 Å². The lowest BCUT2D eigenvalue weighted by atomic mass is 9.76. The Labute approximate surface area is 181 Å². The predicted molar refractivity (Wildman–Crippen MR) is 122 cm³/mol. The highest BCUT2D eigenvalue weighted by Crippen LogP contribution is 2.40. The van der Waals surface area contributed by atoms with E-state index in [4.69, 9.17) is 0 Å². The maximum absolute atomic E-state index is 11.8. The van der Waals surface area contributed by atoms with Crippen LogP contribution in [0.1, 0.15) is 53.9 Å². The summed E-state index contributed by atoms with van der Waals surface area (Å²) in [6.07, 6.45) is 4.95. The minimum atomic E-state index is -0.928. The lowest BCUT2D eigenvalue weighted by molar-refractivity contribution is -0.140. The molecular weight excluding hydrogens is 388 g/mol. The number of benzene rings is 3. The number of allylic oxidation sites excluding steroid dienone is 1. The van der Waals surface area contributed by atoms with Gasteiger partial charge in [-0.1, -0.05) is 79.7 Å². The third-order valence-electron chi connectivity index (χ3n) is 6.22. The van der Waals surface area contributed by atoms with E-state index >= 15 is 0 Å². The SMILES string of the molecule is CC1C=Cc2ccc(C(CC(=O)O)C(CC(=O)O)c3ccc4ccccc4c3)cc2C1. The summed E-state index contributed by atoms with van der Waals surface area (Å²) in [5.41, 5.74) is 4.09. The van der Waals surface area contributed by atoms with Crippen molar-refractivity contribution in [2.24, 2.45) is 5.92 Å². The molecule has 0 aliphatic heterocycles. The van der Waals surface area contributed by atoms with Crippen molar-refractivity contribution >= 4 is 28.8 Å². The van der Waals surface area contributed by atoms with Crippen LogP contribution >= 0.6 is 0 Å². The van der Waals surface area contributed by atoms with Gasteiger partial charge in [0.1, 0.15) is 0 Å². The Bertz CT molecular complexity index is 1160. The van der Waals surface area contributed by atoms with E-state index in [0.29, 0.717) is 5.92 Å². The van der Waals surface area contributed by atoms with E-state index in [1.165, 1.54) is 5.56 Å². The highest BCUT2D eigenvalue weighted by molar-refractivity contribution is 5.83. The number of carboxylic acid groups (broad SMARTS) is 2. The van der Waals surface area contributed by atoms with E-state index in [2.05, 4.69) is 25.1 Å². The standard InChI is InChI=1S/C27H26O4/c1-17-6-7-19-9-11-22(14-23(19)12-17)25(16-27(30)31)24(15-26(28)29)21-10-8-18-4-2-3-5-20(18)13-21/h2-11,13-14,17,24-25H,12,15-16H2,1H3,(H,28,29)(H,30,31). The zero-order valence-corrected chi connectivity index (χ0v) is 17.5. The molecule has 158 valence electrons. The van der Waals surface area contributed by atoms with Gasteiger partial charge in [0, 0.05) is 11.8 Å². The van der Waals surface area contributed by atoms with Crippen LogP contribution in [0.25, 0.3) is 16.8 Å². The Balaban J connectivity index is 1.80. The van der Waals surface area contributed by atoms with E-state index in [0.717, 1.165) is 33.9 Å². The Morgan fingerprint density at radius 3 is 2.16 bits per heavy atom. The van der Waals surface area contributed by atoms with E-state index in [1.54, 1.807) is 0 Å². The number of carbonyl (C=O) groups is 2. The number of carboxylic acids is 2. The molecule has 0 bridgehead atoms. The van der Waals surface area contributed by atoms with E-state index in [1.807, 2.05) is 54.6 Å². The number of hydrogen-bond donors (Lipinski definition) is 2. The molecule has 0 saturated carbocycles. The van der Waals surface area contributed by atoms with Gasteiger partial charge in [-0.05, 0) is 45.4 Å². The van der Waals surface area contributed by atoms with Crippen LogP contribution in [0.3, 0.4) is 0 Å². The van der Waals surface area contributed by atoms with Crippen LogP contribution in [0, 0.1) is 5.92 Å². The maximum atomic E-state index is 11.8. The van der Waals surface area contributed by atoms with Crippen molar-refractivity contribution < 1.29 is 19.8 Å². The summed E-state index contributed by atoms with van der Waals surface area (Å²) in [5, 5.41) is 21.4. The zero-order valence-electron chi connectivity index (χ0n) is 17.5. The summed E-state index contributed by atoms with van der Waals surface area (Å²) in [5.74, 6) is -2.29. The molecule has 0 fully saturated rings. The molecule has 1 aliphatic carbocycles. The largest absolute Gasteiger partial charge is 0.481 e. The average molecular weight is 415 g/mol. The fourth-order valence-corrected chi connectivity index (χ4v) is 4.68. The van der Waals surface area contributed by atoms with Crippen LogP contribution < -0.4 is 0 Å². The van der Waals surface area contributed by atoms with Gasteiger partial charge in [-0.3, -0.25) is 9.59 Å². The molecule has 4 nitrogen and oxygen atoms in total. The molecule has 4 rings (SSSR count). The van der Waals surface area contributed by atoms with E-state index < -0.39 is 23.8 Å². The Hall–Kier alpha value is -3.40. The molecule has 0 spiro atoms. The molecule has 3 atom stereocenters.